The Morgan fingerprint density at radius 1 is 0.351 bits per heavy atom. The summed E-state index contributed by atoms with van der Waals surface area (Å²) < 4.78 is 7.52. The third-order valence-corrected chi connectivity index (χ3v) is 13.5. The van der Waals surface area contributed by atoms with Crippen LogP contribution in [0.25, 0.3) is 113 Å². The lowest BCUT2D eigenvalue weighted by Gasteiger charge is -2.09. The number of thiophene rings is 2. The molecule has 0 saturated carbocycles. The summed E-state index contributed by atoms with van der Waals surface area (Å²) in [6.45, 7) is 0. The number of para-hydroxylation sites is 2. The molecule has 0 radical (unpaired) electrons. The monoisotopic (exact) mass is 762 g/mol. The summed E-state index contributed by atoms with van der Waals surface area (Å²) in [5, 5.41) is 7.56. The maximum absolute atomic E-state index is 5.06. The van der Waals surface area contributed by atoms with Crippen LogP contribution >= 0.6 is 22.7 Å². The van der Waals surface area contributed by atoms with Gasteiger partial charge >= 0.3 is 0 Å². The average molecular weight is 763 g/mol. The summed E-state index contributed by atoms with van der Waals surface area (Å²) in [6.07, 6.45) is 0. The highest BCUT2D eigenvalue weighted by molar-refractivity contribution is 7.27. The molecular weight excluding hydrogens is 733 g/mol. The largest absolute Gasteiger partial charge is 0.308 e. The van der Waals surface area contributed by atoms with Crippen LogP contribution in [0.4, 0.5) is 0 Å². The molecule has 266 valence electrons. The van der Waals surface area contributed by atoms with Crippen molar-refractivity contribution in [3.63, 3.8) is 0 Å². The molecule has 6 heteroatoms. The van der Waals surface area contributed by atoms with Crippen LogP contribution in [-0.4, -0.2) is 19.5 Å². The normalized spacial score (nSPS) is 11.9. The van der Waals surface area contributed by atoms with Gasteiger partial charge in [-0.15, -0.1) is 22.7 Å². The van der Waals surface area contributed by atoms with E-state index in [0.717, 1.165) is 16.7 Å². The highest BCUT2D eigenvalue weighted by Crippen LogP contribution is 2.47. The minimum atomic E-state index is 0.658. The SMILES string of the molecule is c1ccc(-c2nc(-c3ccccc3)nc(-c3ccc4sc5cccc(-c6cccc7c6sc6c(-n8c9ccccc9c9ccccc98)cccc67)c5c4c3)n2)cc1. The Kier molecular flexibility index (Phi) is 7.24. The molecule has 0 N–H and O–H groups in total. The molecule has 0 aliphatic heterocycles. The molecule has 0 aliphatic rings. The smallest absolute Gasteiger partial charge is 0.164 e. The van der Waals surface area contributed by atoms with Crippen LogP contribution in [0.1, 0.15) is 0 Å². The van der Waals surface area contributed by atoms with E-state index in [9.17, 15) is 0 Å². The molecule has 4 aromatic heterocycles. The Hall–Kier alpha value is -6.99. The quantitative estimate of drug-likeness (QED) is 0.175. The zero-order valence-corrected chi connectivity index (χ0v) is 32.1. The number of benzene rings is 8. The van der Waals surface area contributed by atoms with Gasteiger partial charge in [-0.1, -0.05) is 140 Å². The van der Waals surface area contributed by atoms with Gasteiger partial charge in [0, 0.05) is 68.7 Å². The van der Waals surface area contributed by atoms with Crippen LogP contribution in [0.2, 0.25) is 0 Å². The Balaban J connectivity index is 1.06. The Morgan fingerprint density at radius 2 is 0.895 bits per heavy atom. The summed E-state index contributed by atoms with van der Waals surface area (Å²) in [4.78, 5) is 15.1. The highest BCUT2D eigenvalue weighted by Gasteiger charge is 2.20. The first kappa shape index (κ1) is 32.3. The maximum Gasteiger partial charge on any atom is 0.164 e. The lowest BCUT2D eigenvalue weighted by Crippen LogP contribution is -2.00. The van der Waals surface area contributed by atoms with Gasteiger partial charge in [0.05, 0.1) is 21.4 Å². The van der Waals surface area contributed by atoms with E-state index in [1.807, 2.05) is 59.1 Å². The van der Waals surface area contributed by atoms with Crippen molar-refractivity contribution in [2.75, 3.05) is 0 Å². The van der Waals surface area contributed by atoms with Gasteiger partial charge in [0.15, 0.2) is 17.5 Å². The van der Waals surface area contributed by atoms with Crippen LogP contribution < -0.4 is 0 Å². The van der Waals surface area contributed by atoms with Crippen molar-refractivity contribution >= 4 is 84.8 Å². The molecule has 4 nitrogen and oxygen atoms in total. The molecule has 0 spiro atoms. The number of aromatic nitrogens is 4. The van der Waals surface area contributed by atoms with Crippen LogP contribution in [0.3, 0.4) is 0 Å². The molecule has 0 aliphatic carbocycles. The topological polar surface area (TPSA) is 43.6 Å². The lowest BCUT2D eigenvalue weighted by atomic mass is 9.97. The van der Waals surface area contributed by atoms with E-state index in [4.69, 9.17) is 15.0 Å². The molecule has 0 unspecified atom stereocenters. The van der Waals surface area contributed by atoms with Crippen LogP contribution in [0.15, 0.2) is 182 Å². The van der Waals surface area contributed by atoms with Crippen molar-refractivity contribution in [1.82, 2.24) is 19.5 Å². The molecule has 0 amide bonds. The van der Waals surface area contributed by atoms with Crippen LogP contribution in [0.5, 0.6) is 0 Å². The van der Waals surface area contributed by atoms with Gasteiger partial charge in [-0.3, -0.25) is 0 Å². The fraction of sp³-hybridized carbons (Fsp3) is 0. The van der Waals surface area contributed by atoms with Crippen molar-refractivity contribution in [2.45, 2.75) is 0 Å². The Bertz CT molecular complexity index is 3410. The van der Waals surface area contributed by atoms with Crippen molar-refractivity contribution < 1.29 is 0 Å². The van der Waals surface area contributed by atoms with Crippen molar-refractivity contribution in [2.24, 2.45) is 0 Å². The van der Waals surface area contributed by atoms with Gasteiger partial charge in [-0.05, 0) is 48.0 Å². The van der Waals surface area contributed by atoms with Gasteiger partial charge in [0.25, 0.3) is 0 Å². The summed E-state index contributed by atoms with van der Waals surface area (Å²) in [7, 11) is 0. The van der Waals surface area contributed by atoms with Crippen LogP contribution in [-0.2, 0) is 0 Å². The number of fused-ring (bicyclic) bond motifs is 9. The minimum absolute atomic E-state index is 0.658. The first-order valence-electron chi connectivity index (χ1n) is 19.0. The number of hydrogen-bond acceptors (Lipinski definition) is 5. The maximum atomic E-state index is 5.06. The molecule has 8 aromatic carbocycles. The van der Waals surface area contributed by atoms with Gasteiger partial charge in [-0.25, -0.2) is 15.0 Å². The van der Waals surface area contributed by atoms with Crippen molar-refractivity contribution in [3.8, 4) is 51.0 Å². The highest BCUT2D eigenvalue weighted by atomic mass is 32.1. The number of rotatable bonds is 5. The van der Waals surface area contributed by atoms with Crippen molar-refractivity contribution in [3.05, 3.63) is 182 Å². The second-order valence-electron chi connectivity index (χ2n) is 14.3. The summed E-state index contributed by atoms with van der Waals surface area (Å²) >= 11 is 3.73. The second-order valence-corrected chi connectivity index (χ2v) is 16.4. The van der Waals surface area contributed by atoms with E-state index in [-0.39, 0.29) is 0 Å². The van der Waals surface area contributed by atoms with E-state index in [1.165, 1.54) is 79.0 Å². The summed E-state index contributed by atoms with van der Waals surface area (Å²) in [6, 6.07) is 64.8. The van der Waals surface area contributed by atoms with E-state index in [2.05, 4.69) is 150 Å². The molecular formula is C51H30N4S2. The molecule has 0 atom stereocenters. The van der Waals surface area contributed by atoms with Gasteiger partial charge in [-0.2, -0.15) is 0 Å². The molecule has 12 aromatic rings. The lowest BCUT2D eigenvalue weighted by molar-refractivity contribution is 1.07. The second kappa shape index (κ2) is 12.8. The first-order valence-corrected chi connectivity index (χ1v) is 20.7. The van der Waals surface area contributed by atoms with E-state index in [1.54, 1.807) is 0 Å². The standard InChI is InChI=1S/C51H30N4S2/c1-3-14-31(15-4-1)49-52-50(32-16-5-2-6-17-32)54-51(53-49)33-28-29-44-40(30-33)46-36(20-13-27-45(46)56-44)37-21-11-22-38-39-23-12-26-43(48(39)57-47(37)38)55-41-24-9-7-18-34(41)35-19-8-10-25-42(35)55/h1-30H. The zero-order chi connectivity index (χ0) is 37.5. The third kappa shape index (κ3) is 5.08. The van der Waals surface area contributed by atoms with E-state index < -0.39 is 0 Å². The number of nitrogens with zero attached hydrogens (tertiary/aromatic N) is 4. The average Bonchev–Trinajstić information content (AvgIpc) is 3.96. The fourth-order valence-electron chi connectivity index (χ4n) is 8.50. The summed E-state index contributed by atoms with van der Waals surface area (Å²) in [5.74, 6) is 1.98. The van der Waals surface area contributed by atoms with Crippen LogP contribution in [0, 0.1) is 0 Å². The molecule has 4 heterocycles. The minimum Gasteiger partial charge on any atom is -0.308 e. The van der Waals surface area contributed by atoms with Gasteiger partial charge < -0.3 is 4.57 Å². The zero-order valence-electron chi connectivity index (χ0n) is 30.4. The predicted molar refractivity (Wildman–Crippen MR) is 242 cm³/mol. The fourth-order valence-corrected chi connectivity index (χ4v) is 10.9. The molecule has 12 rings (SSSR count). The van der Waals surface area contributed by atoms with E-state index >= 15 is 0 Å². The van der Waals surface area contributed by atoms with Crippen molar-refractivity contribution in [1.29, 1.82) is 0 Å². The number of hydrogen-bond donors (Lipinski definition) is 0. The Morgan fingerprint density at radius 3 is 1.58 bits per heavy atom. The molecule has 0 bridgehead atoms. The predicted octanol–water partition coefficient (Wildman–Crippen LogP) is 14.4. The first-order chi connectivity index (χ1) is 28.3. The summed E-state index contributed by atoms with van der Waals surface area (Å²) in [5.41, 5.74) is 9.01. The Labute approximate surface area is 335 Å². The van der Waals surface area contributed by atoms with Gasteiger partial charge in [0.1, 0.15) is 0 Å². The third-order valence-electron chi connectivity index (χ3n) is 11.1. The molecule has 0 fully saturated rings. The molecule has 57 heavy (non-hydrogen) atoms. The van der Waals surface area contributed by atoms with E-state index in [0.29, 0.717) is 17.5 Å². The van der Waals surface area contributed by atoms with Gasteiger partial charge in [0.2, 0.25) is 0 Å². The molecule has 0 saturated heterocycles.